The number of benzene rings is 1. The van der Waals surface area contributed by atoms with E-state index in [1.165, 1.54) is 13.0 Å². The molecule has 0 aliphatic heterocycles. The van der Waals surface area contributed by atoms with Gasteiger partial charge < -0.3 is 4.74 Å². The van der Waals surface area contributed by atoms with Gasteiger partial charge in [0.05, 0.1) is 4.92 Å². The van der Waals surface area contributed by atoms with Crippen LogP contribution in [0.4, 0.5) is 14.5 Å². The van der Waals surface area contributed by atoms with Crippen LogP contribution < -0.4 is 4.74 Å². The second-order valence-corrected chi connectivity index (χ2v) is 2.87. The summed E-state index contributed by atoms with van der Waals surface area (Å²) in [6.45, 7) is -1.96. The van der Waals surface area contributed by atoms with Gasteiger partial charge in [0.25, 0.3) is 0 Å². The van der Waals surface area contributed by atoms with E-state index in [-0.39, 0.29) is 5.56 Å². The molecule has 0 bridgehead atoms. The summed E-state index contributed by atoms with van der Waals surface area (Å²) in [6, 6.07) is 3.06. The topological polar surface area (TPSA) is 69.4 Å². The van der Waals surface area contributed by atoms with Crippen molar-refractivity contribution in [3.63, 3.8) is 0 Å². The largest absolute Gasteiger partial charge is 0.427 e. The van der Waals surface area contributed by atoms with Gasteiger partial charge in [0.15, 0.2) is 5.78 Å². The summed E-state index contributed by atoms with van der Waals surface area (Å²) >= 11 is 0. The molecule has 1 rings (SSSR count). The molecule has 0 N–H and O–H groups in total. The minimum absolute atomic E-state index is 0.0706. The molecule has 86 valence electrons. The number of ether oxygens (including phenoxy) is 1. The Hall–Kier alpha value is -2.05. The number of Topliss-reactive ketones (excluding diaryl/α,β-unsaturated/α-hetero) is 1. The molecule has 0 saturated carbocycles. The zero-order chi connectivity index (χ0) is 12.3. The summed E-state index contributed by atoms with van der Waals surface area (Å²) in [5.41, 5.74) is -0.536. The van der Waals surface area contributed by atoms with Crippen LogP contribution in [-0.4, -0.2) is 17.3 Å². The van der Waals surface area contributed by atoms with Gasteiger partial charge in [-0.2, -0.15) is 8.78 Å². The molecule has 5 nitrogen and oxygen atoms in total. The van der Waals surface area contributed by atoms with Crippen molar-refractivity contribution in [2.24, 2.45) is 0 Å². The summed E-state index contributed by atoms with van der Waals surface area (Å²) in [5.74, 6) is -1.01. The molecule has 7 heteroatoms. The van der Waals surface area contributed by atoms with Gasteiger partial charge in [0.1, 0.15) is 0 Å². The molecule has 0 aliphatic carbocycles. The lowest BCUT2D eigenvalue weighted by atomic mass is 10.1. The highest BCUT2D eigenvalue weighted by atomic mass is 19.3. The molecule has 0 fully saturated rings. The van der Waals surface area contributed by atoms with Gasteiger partial charge >= 0.3 is 12.3 Å². The number of rotatable bonds is 4. The first-order valence-corrected chi connectivity index (χ1v) is 4.16. The second-order valence-electron chi connectivity index (χ2n) is 2.87. The van der Waals surface area contributed by atoms with Gasteiger partial charge in [-0.15, -0.1) is 0 Å². The number of alkyl halides is 2. The quantitative estimate of drug-likeness (QED) is 0.453. The molecule has 0 aliphatic rings. The summed E-state index contributed by atoms with van der Waals surface area (Å²) in [5, 5.41) is 10.5. The lowest BCUT2D eigenvalue weighted by Crippen LogP contribution is -2.05. The number of nitro groups is 1. The second kappa shape index (κ2) is 4.65. The highest BCUT2D eigenvalue weighted by Crippen LogP contribution is 2.29. The van der Waals surface area contributed by atoms with Crippen LogP contribution in [0.1, 0.15) is 17.3 Å². The SMILES string of the molecule is CC(=O)c1ccc([N+](=O)[O-])c(OC(F)F)c1. The number of ketones is 1. The Bertz CT molecular complexity index is 434. The van der Waals surface area contributed by atoms with Crippen molar-refractivity contribution in [3.8, 4) is 5.75 Å². The van der Waals surface area contributed by atoms with E-state index >= 15 is 0 Å². The number of nitro benzene ring substituents is 1. The van der Waals surface area contributed by atoms with Crippen LogP contribution in [0, 0.1) is 10.1 Å². The third-order valence-electron chi connectivity index (χ3n) is 1.78. The first-order valence-electron chi connectivity index (χ1n) is 4.16. The Labute approximate surface area is 88.8 Å². The van der Waals surface area contributed by atoms with E-state index in [0.717, 1.165) is 12.1 Å². The van der Waals surface area contributed by atoms with E-state index in [4.69, 9.17) is 0 Å². The van der Waals surface area contributed by atoms with E-state index in [0.29, 0.717) is 0 Å². The van der Waals surface area contributed by atoms with Crippen molar-refractivity contribution in [1.82, 2.24) is 0 Å². The van der Waals surface area contributed by atoms with E-state index in [9.17, 15) is 23.7 Å². The molecular formula is C9H7F2NO4. The summed E-state index contributed by atoms with van der Waals surface area (Å²) in [4.78, 5) is 20.6. The summed E-state index contributed by atoms with van der Waals surface area (Å²) < 4.78 is 27.9. The molecule has 0 spiro atoms. The molecule has 0 amide bonds. The van der Waals surface area contributed by atoms with E-state index in [1.807, 2.05) is 0 Å². The maximum Gasteiger partial charge on any atom is 0.387 e. The van der Waals surface area contributed by atoms with Crippen molar-refractivity contribution in [2.45, 2.75) is 13.5 Å². The molecule has 0 unspecified atom stereocenters. The van der Waals surface area contributed by atoms with Crippen molar-refractivity contribution in [1.29, 1.82) is 0 Å². The van der Waals surface area contributed by atoms with Crippen LogP contribution >= 0.6 is 0 Å². The fourth-order valence-electron chi connectivity index (χ4n) is 1.07. The third-order valence-corrected chi connectivity index (χ3v) is 1.78. The van der Waals surface area contributed by atoms with Gasteiger partial charge in [-0.05, 0) is 19.1 Å². The molecule has 1 aromatic rings. The molecule has 16 heavy (non-hydrogen) atoms. The van der Waals surface area contributed by atoms with Crippen LogP contribution in [0.15, 0.2) is 18.2 Å². The van der Waals surface area contributed by atoms with Crippen LogP contribution in [0.3, 0.4) is 0 Å². The van der Waals surface area contributed by atoms with E-state index in [2.05, 4.69) is 4.74 Å². The Balaban J connectivity index is 3.21. The van der Waals surface area contributed by atoms with Crippen molar-refractivity contribution < 1.29 is 23.2 Å². The maximum absolute atomic E-state index is 12.0. The predicted molar refractivity (Wildman–Crippen MR) is 49.7 cm³/mol. The normalized spacial score (nSPS) is 10.2. The Morgan fingerprint density at radius 3 is 2.56 bits per heavy atom. The zero-order valence-corrected chi connectivity index (χ0v) is 8.15. The summed E-state index contributed by atoms with van der Waals surface area (Å²) in [6.07, 6.45) is 0. The highest BCUT2D eigenvalue weighted by Gasteiger charge is 2.19. The van der Waals surface area contributed by atoms with Gasteiger partial charge in [-0.1, -0.05) is 0 Å². The van der Waals surface area contributed by atoms with Crippen molar-refractivity contribution in [2.75, 3.05) is 0 Å². The van der Waals surface area contributed by atoms with Crippen molar-refractivity contribution >= 4 is 11.5 Å². The molecule has 0 saturated heterocycles. The predicted octanol–water partition coefficient (Wildman–Crippen LogP) is 2.40. The zero-order valence-electron chi connectivity index (χ0n) is 8.15. The first kappa shape index (κ1) is 12.0. The van der Waals surface area contributed by atoms with Gasteiger partial charge in [0.2, 0.25) is 5.75 Å². The lowest BCUT2D eigenvalue weighted by molar-refractivity contribution is -0.386. The Kier molecular flexibility index (Phi) is 3.49. The molecule has 0 aromatic heterocycles. The minimum Gasteiger partial charge on any atom is -0.427 e. The summed E-state index contributed by atoms with van der Waals surface area (Å²) in [7, 11) is 0. The fourth-order valence-corrected chi connectivity index (χ4v) is 1.07. The number of hydrogen-bond donors (Lipinski definition) is 0. The monoisotopic (exact) mass is 231 g/mol. The van der Waals surface area contributed by atoms with E-state index in [1.54, 1.807) is 0 Å². The first-order chi connectivity index (χ1) is 7.41. The minimum atomic E-state index is -3.18. The average molecular weight is 231 g/mol. The number of halogens is 2. The van der Waals surface area contributed by atoms with Crippen LogP contribution in [0.5, 0.6) is 5.75 Å². The Morgan fingerprint density at radius 1 is 1.50 bits per heavy atom. The fraction of sp³-hybridized carbons (Fsp3) is 0.222. The molecule has 1 aromatic carbocycles. The van der Waals surface area contributed by atoms with E-state index < -0.39 is 28.8 Å². The van der Waals surface area contributed by atoms with Crippen molar-refractivity contribution in [3.05, 3.63) is 33.9 Å². The number of carbonyl (C=O) groups is 1. The van der Waals surface area contributed by atoms with Gasteiger partial charge in [-0.25, -0.2) is 0 Å². The third kappa shape index (κ3) is 2.72. The standard InChI is InChI=1S/C9H7F2NO4/c1-5(13)6-2-3-7(12(14)15)8(4-6)16-9(10)11/h2-4,9H,1H3. The lowest BCUT2D eigenvalue weighted by Gasteiger charge is -2.06. The molecule has 0 radical (unpaired) electrons. The number of carbonyl (C=O) groups excluding carboxylic acids is 1. The number of hydrogen-bond acceptors (Lipinski definition) is 4. The average Bonchev–Trinajstić information content (AvgIpc) is 2.15. The van der Waals surface area contributed by atoms with Gasteiger partial charge in [0, 0.05) is 11.6 Å². The van der Waals surface area contributed by atoms with Crippen LogP contribution in [-0.2, 0) is 0 Å². The number of nitrogens with zero attached hydrogens (tertiary/aromatic N) is 1. The molecule has 0 atom stereocenters. The molecule has 0 heterocycles. The smallest absolute Gasteiger partial charge is 0.387 e. The molecular weight excluding hydrogens is 224 g/mol. The maximum atomic E-state index is 12.0. The Morgan fingerprint density at radius 2 is 2.12 bits per heavy atom. The van der Waals surface area contributed by atoms with Gasteiger partial charge in [-0.3, -0.25) is 14.9 Å². The highest BCUT2D eigenvalue weighted by molar-refractivity contribution is 5.94. The van der Waals surface area contributed by atoms with Crippen LogP contribution in [0.2, 0.25) is 0 Å². The van der Waals surface area contributed by atoms with Crippen LogP contribution in [0.25, 0.3) is 0 Å².